The predicted molar refractivity (Wildman–Crippen MR) is 104 cm³/mol. The number of carbonyl (C=O) groups excluding carboxylic acids is 1. The van der Waals surface area contributed by atoms with Crippen LogP contribution in [0.1, 0.15) is 40.1 Å². The number of amides is 1. The van der Waals surface area contributed by atoms with Crippen LogP contribution in [0.3, 0.4) is 0 Å². The lowest BCUT2D eigenvalue weighted by Gasteiger charge is -2.18. The topological polar surface area (TPSA) is 67.2 Å². The highest BCUT2D eigenvalue weighted by molar-refractivity contribution is 5.95. The number of hydrogen-bond donors (Lipinski definition) is 2. The molecule has 138 valence electrons. The zero-order valence-corrected chi connectivity index (χ0v) is 15.5. The Morgan fingerprint density at radius 1 is 1.22 bits per heavy atom. The molecule has 1 heterocycles. The number of nitrogens with one attached hydrogen (secondary N) is 1. The molecule has 5 nitrogen and oxygen atoms in total. The molecule has 0 saturated heterocycles. The quantitative estimate of drug-likeness (QED) is 0.749. The number of hydrogen-bond acceptors (Lipinski definition) is 3. The van der Waals surface area contributed by atoms with Crippen LogP contribution in [-0.2, 0) is 13.0 Å². The normalized spacial score (nSPS) is 18.3. The molecule has 0 fully saturated rings. The second kappa shape index (κ2) is 7.00. The van der Waals surface area contributed by atoms with Gasteiger partial charge in [-0.2, -0.15) is 5.10 Å². The molecule has 1 aromatic heterocycles. The Balaban J connectivity index is 1.52. The van der Waals surface area contributed by atoms with Crippen molar-refractivity contribution in [3.63, 3.8) is 0 Å². The van der Waals surface area contributed by atoms with Crippen molar-refractivity contribution in [1.82, 2.24) is 15.1 Å². The summed E-state index contributed by atoms with van der Waals surface area (Å²) in [5, 5.41) is 17.7. The fraction of sp³-hybridized carbons (Fsp3) is 0.273. The van der Waals surface area contributed by atoms with E-state index in [4.69, 9.17) is 0 Å². The largest absolute Gasteiger partial charge is 0.390 e. The number of aryl methyl sites for hydroxylation is 1. The predicted octanol–water partition coefficient (Wildman–Crippen LogP) is 3.27. The first kappa shape index (κ1) is 17.5. The molecule has 2 atom stereocenters. The Morgan fingerprint density at radius 3 is 2.67 bits per heavy atom. The molecule has 1 amide bonds. The smallest absolute Gasteiger partial charge is 0.251 e. The summed E-state index contributed by atoms with van der Waals surface area (Å²) in [6.07, 6.45) is 1.84. The van der Waals surface area contributed by atoms with E-state index in [1.165, 1.54) is 0 Å². The van der Waals surface area contributed by atoms with E-state index in [0.717, 1.165) is 34.5 Å². The molecular formula is C22H23N3O2. The summed E-state index contributed by atoms with van der Waals surface area (Å²) in [7, 11) is 0. The van der Waals surface area contributed by atoms with Gasteiger partial charge in [0.2, 0.25) is 0 Å². The molecule has 0 saturated carbocycles. The molecule has 0 aliphatic heterocycles. The Bertz CT molecular complexity index is 975. The van der Waals surface area contributed by atoms with Crippen LogP contribution < -0.4 is 5.32 Å². The van der Waals surface area contributed by atoms with Crippen molar-refractivity contribution >= 4 is 5.91 Å². The molecule has 4 rings (SSSR count). The van der Waals surface area contributed by atoms with Gasteiger partial charge in [0.1, 0.15) is 0 Å². The van der Waals surface area contributed by atoms with Crippen molar-refractivity contribution in [2.75, 3.05) is 0 Å². The summed E-state index contributed by atoms with van der Waals surface area (Å²) in [4.78, 5) is 12.7. The zero-order valence-electron chi connectivity index (χ0n) is 15.5. The zero-order chi connectivity index (χ0) is 19.0. The van der Waals surface area contributed by atoms with Crippen LogP contribution >= 0.6 is 0 Å². The van der Waals surface area contributed by atoms with E-state index in [1.54, 1.807) is 0 Å². The Hall–Kier alpha value is -2.92. The van der Waals surface area contributed by atoms with E-state index in [2.05, 4.69) is 17.3 Å². The summed E-state index contributed by atoms with van der Waals surface area (Å²) in [5.74, 6) is -0.178. The van der Waals surface area contributed by atoms with Crippen LogP contribution in [0.15, 0.2) is 54.7 Å². The second-order valence-corrected chi connectivity index (χ2v) is 6.96. The molecule has 0 spiro atoms. The van der Waals surface area contributed by atoms with E-state index in [-0.39, 0.29) is 11.9 Å². The molecule has 0 radical (unpaired) electrons. The first-order valence-electron chi connectivity index (χ1n) is 9.28. The number of aromatic nitrogens is 2. The Labute approximate surface area is 158 Å². The molecule has 0 unspecified atom stereocenters. The summed E-state index contributed by atoms with van der Waals surface area (Å²) in [5.41, 5.74) is 5.89. The minimum absolute atomic E-state index is 0.178. The van der Waals surface area contributed by atoms with Gasteiger partial charge in [-0.15, -0.1) is 0 Å². The number of benzene rings is 2. The van der Waals surface area contributed by atoms with Crippen LogP contribution in [0.25, 0.3) is 11.1 Å². The summed E-state index contributed by atoms with van der Waals surface area (Å²) in [6.45, 7) is 4.94. The first-order chi connectivity index (χ1) is 13.1. The van der Waals surface area contributed by atoms with E-state index in [9.17, 15) is 9.90 Å². The molecule has 3 aromatic rings. The number of nitrogens with zero attached hydrogens (tertiary/aromatic N) is 2. The standard InChI is InChI=1S/C22H23N3O2/c1-3-25-14(2)19(13-23-25)15-8-10-16(11-9-15)22(27)24-21-18-7-5-4-6-17(18)12-20(21)26/h4-11,13,20-21,26H,3,12H2,1-2H3,(H,24,27)/t20-,21+/m0/s1. The van der Waals surface area contributed by atoms with Crippen LogP contribution in [0.4, 0.5) is 0 Å². The number of fused-ring (bicyclic) bond motifs is 1. The van der Waals surface area contributed by atoms with Crippen molar-refractivity contribution in [2.24, 2.45) is 0 Å². The highest BCUT2D eigenvalue weighted by Crippen LogP contribution is 2.31. The highest BCUT2D eigenvalue weighted by Gasteiger charge is 2.32. The van der Waals surface area contributed by atoms with Gasteiger partial charge in [-0.1, -0.05) is 36.4 Å². The van der Waals surface area contributed by atoms with Gasteiger partial charge >= 0.3 is 0 Å². The summed E-state index contributed by atoms with van der Waals surface area (Å²) < 4.78 is 1.95. The maximum atomic E-state index is 12.7. The van der Waals surface area contributed by atoms with Crippen LogP contribution in [0, 0.1) is 6.92 Å². The van der Waals surface area contributed by atoms with Gasteiger partial charge in [-0.3, -0.25) is 9.48 Å². The van der Waals surface area contributed by atoms with Crippen molar-refractivity contribution in [1.29, 1.82) is 0 Å². The number of aliphatic hydroxyl groups excluding tert-OH is 1. The summed E-state index contributed by atoms with van der Waals surface area (Å²) >= 11 is 0. The minimum atomic E-state index is -0.590. The van der Waals surface area contributed by atoms with E-state index < -0.39 is 6.10 Å². The molecule has 0 bridgehead atoms. The Kier molecular flexibility index (Phi) is 4.54. The fourth-order valence-corrected chi connectivity index (χ4v) is 3.82. The van der Waals surface area contributed by atoms with Crippen molar-refractivity contribution in [3.05, 3.63) is 77.1 Å². The average Bonchev–Trinajstić information content (AvgIpc) is 3.21. The highest BCUT2D eigenvalue weighted by atomic mass is 16.3. The summed E-state index contributed by atoms with van der Waals surface area (Å²) in [6, 6.07) is 15.0. The lowest BCUT2D eigenvalue weighted by Crippen LogP contribution is -2.33. The molecule has 5 heteroatoms. The average molecular weight is 361 g/mol. The second-order valence-electron chi connectivity index (χ2n) is 6.96. The third-order valence-corrected chi connectivity index (χ3v) is 5.35. The lowest BCUT2D eigenvalue weighted by atomic mass is 10.0. The van der Waals surface area contributed by atoms with Crippen molar-refractivity contribution in [2.45, 2.75) is 39.0 Å². The Morgan fingerprint density at radius 2 is 1.96 bits per heavy atom. The number of rotatable bonds is 4. The number of aliphatic hydroxyl groups is 1. The van der Waals surface area contributed by atoms with E-state index in [0.29, 0.717) is 12.0 Å². The van der Waals surface area contributed by atoms with Gasteiger partial charge < -0.3 is 10.4 Å². The van der Waals surface area contributed by atoms with Gasteiger partial charge in [0.15, 0.2) is 0 Å². The van der Waals surface area contributed by atoms with Crippen LogP contribution in [-0.4, -0.2) is 26.9 Å². The van der Waals surface area contributed by atoms with Gasteiger partial charge in [-0.05, 0) is 42.7 Å². The third-order valence-electron chi connectivity index (χ3n) is 5.35. The lowest BCUT2D eigenvalue weighted by molar-refractivity contribution is 0.0858. The third kappa shape index (κ3) is 3.15. The minimum Gasteiger partial charge on any atom is -0.390 e. The van der Waals surface area contributed by atoms with E-state index >= 15 is 0 Å². The van der Waals surface area contributed by atoms with E-state index in [1.807, 2.05) is 66.3 Å². The van der Waals surface area contributed by atoms with Gasteiger partial charge in [0.25, 0.3) is 5.91 Å². The molecule has 1 aliphatic rings. The molecule has 1 aliphatic carbocycles. The van der Waals surface area contributed by atoms with Gasteiger partial charge in [0.05, 0.1) is 18.3 Å². The molecule has 2 N–H and O–H groups in total. The monoisotopic (exact) mass is 361 g/mol. The fourth-order valence-electron chi connectivity index (χ4n) is 3.82. The molecule has 2 aromatic carbocycles. The SMILES string of the molecule is CCn1ncc(-c2ccc(C(=O)N[C@@H]3c4ccccc4C[C@@H]3O)cc2)c1C. The van der Waals surface area contributed by atoms with Gasteiger partial charge in [0, 0.05) is 29.8 Å². The molecular weight excluding hydrogens is 338 g/mol. The maximum absolute atomic E-state index is 12.7. The maximum Gasteiger partial charge on any atom is 0.251 e. The van der Waals surface area contributed by atoms with Crippen molar-refractivity contribution < 1.29 is 9.90 Å². The number of carbonyl (C=O) groups is 1. The van der Waals surface area contributed by atoms with Crippen molar-refractivity contribution in [3.8, 4) is 11.1 Å². The first-order valence-corrected chi connectivity index (χ1v) is 9.28. The van der Waals surface area contributed by atoms with Crippen LogP contribution in [0.2, 0.25) is 0 Å². The van der Waals surface area contributed by atoms with Crippen LogP contribution in [0.5, 0.6) is 0 Å². The van der Waals surface area contributed by atoms with Gasteiger partial charge in [-0.25, -0.2) is 0 Å². The molecule has 27 heavy (non-hydrogen) atoms.